The zero-order valence-electron chi connectivity index (χ0n) is 21.5. The van der Waals surface area contributed by atoms with E-state index in [1.54, 1.807) is 12.1 Å². The summed E-state index contributed by atoms with van der Waals surface area (Å²) in [5.41, 5.74) is 8.66. The smallest absolute Gasteiger partial charge is 0.349 e. The number of ether oxygens (including phenoxy) is 3. The monoisotopic (exact) mass is 547 g/mol. The number of benzene rings is 3. The highest BCUT2D eigenvalue weighted by molar-refractivity contribution is 5.95. The van der Waals surface area contributed by atoms with E-state index in [2.05, 4.69) is 18.2 Å². The number of carbonyl (C=O) groups excluding carboxylic acids is 2. The van der Waals surface area contributed by atoms with Gasteiger partial charge in [0.2, 0.25) is 12.2 Å². The number of carbonyl (C=O) groups is 4. The molecule has 0 bridgehead atoms. The summed E-state index contributed by atoms with van der Waals surface area (Å²) in [6.07, 6.45) is -2.08. The van der Waals surface area contributed by atoms with Gasteiger partial charge in [0.25, 0.3) is 0 Å². The molecule has 0 aromatic heterocycles. The van der Waals surface area contributed by atoms with E-state index in [0.717, 1.165) is 37.2 Å². The molecule has 40 heavy (non-hydrogen) atoms. The van der Waals surface area contributed by atoms with Gasteiger partial charge >= 0.3 is 23.9 Å². The first-order valence-electron chi connectivity index (χ1n) is 12.7. The molecule has 2 aliphatic rings. The number of nitrogens with two attached hydrogens (primary N) is 1. The summed E-state index contributed by atoms with van der Waals surface area (Å²) in [5.74, 6) is -3.09. The number of hydrogen-bond acceptors (Lipinski definition) is 8. The van der Waals surface area contributed by atoms with Crippen molar-refractivity contribution in [2.75, 3.05) is 13.2 Å². The first-order chi connectivity index (χ1) is 19.3. The van der Waals surface area contributed by atoms with E-state index in [0.29, 0.717) is 0 Å². The van der Waals surface area contributed by atoms with Crippen LogP contribution in [0.5, 0.6) is 5.75 Å². The van der Waals surface area contributed by atoms with Gasteiger partial charge in [0.05, 0.1) is 17.7 Å². The summed E-state index contributed by atoms with van der Waals surface area (Å²) in [4.78, 5) is 46.8. The van der Waals surface area contributed by atoms with Crippen LogP contribution < -0.4 is 10.5 Å². The molecule has 4 atom stereocenters. The van der Waals surface area contributed by atoms with Crippen molar-refractivity contribution in [2.45, 2.75) is 31.0 Å². The van der Waals surface area contributed by atoms with E-state index < -0.39 is 36.1 Å². The molecule has 1 aliphatic carbocycles. The van der Waals surface area contributed by atoms with Gasteiger partial charge in [-0.15, -0.1) is 0 Å². The molecule has 0 spiro atoms. The maximum atomic E-state index is 12.0. The van der Waals surface area contributed by atoms with Gasteiger partial charge in [0, 0.05) is 12.0 Å². The lowest BCUT2D eigenvalue weighted by Crippen LogP contribution is -2.45. The van der Waals surface area contributed by atoms with Crippen LogP contribution >= 0.6 is 0 Å². The van der Waals surface area contributed by atoms with Crippen molar-refractivity contribution >= 4 is 23.9 Å². The fourth-order valence-electron chi connectivity index (χ4n) is 4.48. The van der Waals surface area contributed by atoms with Crippen molar-refractivity contribution in [3.63, 3.8) is 0 Å². The molecule has 3 aromatic rings. The predicted molar refractivity (Wildman–Crippen MR) is 142 cm³/mol. The highest BCUT2D eigenvalue weighted by Gasteiger charge is 2.41. The lowest BCUT2D eigenvalue weighted by atomic mass is 10.00. The molecule has 1 saturated carbocycles. The number of aliphatic carboxylic acids is 2. The Balaban J connectivity index is 0.000000219. The van der Waals surface area contributed by atoms with Crippen molar-refractivity contribution in [1.82, 2.24) is 0 Å². The van der Waals surface area contributed by atoms with E-state index >= 15 is 0 Å². The highest BCUT2D eigenvalue weighted by Crippen LogP contribution is 2.49. The van der Waals surface area contributed by atoms with Crippen LogP contribution in [0.15, 0.2) is 78.9 Å². The molecule has 4 N–H and O–H groups in total. The Hall–Kier alpha value is -4.70. The number of rotatable bonds is 9. The average molecular weight is 548 g/mol. The highest BCUT2D eigenvalue weighted by atomic mass is 16.6. The fourth-order valence-corrected chi connectivity index (χ4v) is 4.48. The van der Waals surface area contributed by atoms with Gasteiger partial charge in [-0.1, -0.05) is 48.5 Å². The second-order valence-electron chi connectivity index (χ2n) is 9.32. The van der Waals surface area contributed by atoms with Gasteiger partial charge in [-0.25, -0.2) is 19.2 Å². The molecule has 1 fully saturated rings. The van der Waals surface area contributed by atoms with Gasteiger partial charge < -0.3 is 30.2 Å². The standard InChI is InChI=1S/C18H14O8.C12H15NO/c19-15(20)13(25-17(23)11-7-3-1-4-8-11)14(16(21)22)26-18(24)12-9-5-2-6-10-12;13-7-8-6-11(8)9-2-1-3-12-10(9)4-5-14-12/h1-10,13-14H,(H,19,20)(H,21,22);1-3,8,11H,4-7,13H2. The first kappa shape index (κ1) is 28.3. The Bertz CT molecular complexity index is 1290. The summed E-state index contributed by atoms with van der Waals surface area (Å²) in [6.45, 7) is 1.68. The second kappa shape index (κ2) is 12.9. The van der Waals surface area contributed by atoms with E-state index in [4.69, 9.17) is 19.9 Å². The fraction of sp³-hybridized carbons (Fsp3) is 0.267. The van der Waals surface area contributed by atoms with Crippen LogP contribution in [-0.4, -0.2) is 59.4 Å². The van der Waals surface area contributed by atoms with E-state index in [9.17, 15) is 29.4 Å². The molecule has 208 valence electrons. The molecule has 1 aliphatic heterocycles. The average Bonchev–Trinajstić information content (AvgIpc) is 3.60. The summed E-state index contributed by atoms with van der Waals surface area (Å²) in [7, 11) is 0. The third kappa shape index (κ3) is 6.83. The van der Waals surface area contributed by atoms with Crippen LogP contribution in [0.2, 0.25) is 0 Å². The summed E-state index contributed by atoms with van der Waals surface area (Å²) in [6, 6.07) is 21.3. The Labute approximate surface area is 230 Å². The minimum Gasteiger partial charge on any atom is -0.493 e. The Morgan fingerprint density at radius 3 is 1.77 bits per heavy atom. The van der Waals surface area contributed by atoms with Gasteiger partial charge in [-0.2, -0.15) is 0 Å². The Kier molecular flexibility index (Phi) is 9.13. The quantitative estimate of drug-likeness (QED) is 0.339. The van der Waals surface area contributed by atoms with Gasteiger partial charge in [0.15, 0.2) is 0 Å². The number of fused-ring (bicyclic) bond motifs is 1. The lowest BCUT2D eigenvalue weighted by Gasteiger charge is -2.21. The summed E-state index contributed by atoms with van der Waals surface area (Å²) < 4.78 is 15.1. The van der Waals surface area contributed by atoms with Crippen LogP contribution in [0.3, 0.4) is 0 Å². The first-order valence-corrected chi connectivity index (χ1v) is 12.7. The summed E-state index contributed by atoms with van der Waals surface area (Å²) in [5, 5.41) is 18.5. The molecule has 4 unspecified atom stereocenters. The maximum Gasteiger partial charge on any atom is 0.349 e. The Morgan fingerprint density at radius 1 is 0.800 bits per heavy atom. The topological polar surface area (TPSA) is 162 Å². The van der Waals surface area contributed by atoms with E-state index in [-0.39, 0.29) is 11.1 Å². The predicted octanol–water partition coefficient (Wildman–Crippen LogP) is 3.29. The molecule has 5 rings (SSSR count). The molecule has 0 saturated heterocycles. The van der Waals surface area contributed by atoms with Crippen LogP contribution in [0, 0.1) is 5.92 Å². The maximum absolute atomic E-state index is 12.0. The van der Waals surface area contributed by atoms with Crippen molar-refractivity contribution in [3.05, 3.63) is 101 Å². The zero-order valence-corrected chi connectivity index (χ0v) is 21.5. The number of esters is 2. The van der Waals surface area contributed by atoms with Gasteiger partial charge in [0.1, 0.15) is 5.75 Å². The molecular weight excluding hydrogens is 518 g/mol. The van der Waals surface area contributed by atoms with Crippen LogP contribution in [-0.2, 0) is 25.5 Å². The third-order valence-corrected chi connectivity index (χ3v) is 6.65. The van der Waals surface area contributed by atoms with Crippen molar-refractivity contribution in [2.24, 2.45) is 11.7 Å². The zero-order chi connectivity index (χ0) is 28.6. The minimum absolute atomic E-state index is 0.0253. The van der Waals surface area contributed by atoms with Gasteiger partial charge in [-0.05, 0) is 60.7 Å². The third-order valence-electron chi connectivity index (χ3n) is 6.65. The SMILES string of the molecule is NCC1CC1c1cccc2c1CCO2.O=C(OC(C(=O)O)C(OC(=O)c1ccccc1)C(=O)O)c1ccccc1. The molecule has 0 amide bonds. The van der Waals surface area contributed by atoms with Crippen LogP contribution in [0.4, 0.5) is 0 Å². The molecular formula is C30H29NO9. The van der Waals surface area contributed by atoms with Crippen molar-refractivity contribution < 1.29 is 43.6 Å². The molecule has 1 heterocycles. The van der Waals surface area contributed by atoms with E-state index in [1.165, 1.54) is 66.1 Å². The largest absolute Gasteiger partial charge is 0.493 e. The van der Waals surface area contributed by atoms with Crippen LogP contribution in [0.25, 0.3) is 0 Å². The molecule has 0 radical (unpaired) electrons. The Morgan fingerprint density at radius 2 is 1.32 bits per heavy atom. The van der Waals surface area contributed by atoms with Crippen molar-refractivity contribution in [3.8, 4) is 5.75 Å². The summed E-state index contributed by atoms with van der Waals surface area (Å²) >= 11 is 0. The molecule has 10 heteroatoms. The number of carboxylic acids is 2. The van der Waals surface area contributed by atoms with Crippen molar-refractivity contribution in [1.29, 1.82) is 0 Å². The minimum atomic E-state index is -2.21. The number of carboxylic acid groups (broad SMARTS) is 2. The normalized spacial score (nSPS) is 18.0. The number of hydrogen-bond donors (Lipinski definition) is 3. The molecule has 3 aromatic carbocycles. The second-order valence-corrected chi connectivity index (χ2v) is 9.32. The lowest BCUT2D eigenvalue weighted by molar-refractivity contribution is -0.166. The van der Waals surface area contributed by atoms with Crippen LogP contribution in [0.1, 0.15) is 44.2 Å². The van der Waals surface area contributed by atoms with Gasteiger partial charge in [-0.3, -0.25) is 0 Å². The molecule has 10 nitrogen and oxygen atoms in total. The van der Waals surface area contributed by atoms with E-state index in [1.807, 2.05) is 0 Å².